The summed E-state index contributed by atoms with van der Waals surface area (Å²) in [6.45, 7) is 19.2. The second-order valence-electron chi connectivity index (χ2n) is 7.07. The first-order chi connectivity index (χ1) is 6.68. The summed E-state index contributed by atoms with van der Waals surface area (Å²) in [4.78, 5) is 0. The molecule has 1 heterocycles. The first-order valence-electron chi connectivity index (χ1n) is 6.38. The number of hydrogen-bond acceptors (Lipinski definition) is 1. The fourth-order valence-electron chi connectivity index (χ4n) is 2.70. The molecule has 1 heteroatoms. The summed E-state index contributed by atoms with van der Waals surface area (Å²) in [6, 6.07) is 0. The van der Waals surface area contributed by atoms with Gasteiger partial charge in [0.25, 0.3) is 0 Å². The second kappa shape index (κ2) is 4.08. The lowest BCUT2D eigenvalue weighted by Crippen LogP contribution is -2.51. The van der Waals surface area contributed by atoms with Crippen molar-refractivity contribution in [2.24, 2.45) is 28.6 Å². The lowest BCUT2D eigenvalue weighted by atomic mass is 9.57. The molecule has 1 nitrogen and oxygen atoms in total. The van der Waals surface area contributed by atoms with E-state index in [9.17, 15) is 0 Å². The van der Waals surface area contributed by atoms with Crippen molar-refractivity contribution in [3.05, 3.63) is 0 Å². The van der Waals surface area contributed by atoms with Crippen LogP contribution in [0, 0.1) is 28.6 Å². The van der Waals surface area contributed by atoms with Gasteiger partial charge >= 0.3 is 0 Å². The molecule has 90 valence electrons. The minimum absolute atomic E-state index is 0.380. The van der Waals surface area contributed by atoms with Crippen LogP contribution in [-0.4, -0.2) is 13.1 Å². The molecule has 1 fully saturated rings. The highest BCUT2D eigenvalue weighted by atomic mass is 14.9. The van der Waals surface area contributed by atoms with Gasteiger partial charge < -0.3 is 5.32 Å². The van der Waals surface area contributed by atoms with Crippen molar-refractivity contribution in [2.45, 2.75) is 48.5 Å². The molecule has 3 atom stereocenters. The van der Waals surface area contributed by atoms with Gasteiger partial charge in [0, 0.05) is 0 Å². The fourth-order valence-corrected chi connectivity index (χ4v) is 2.70. The van der Waals surface area contributed by atoms with Crippen molar-refractivity contribution in [1.82, 2.24) is 5.32 Å². The van der Waals surface area contributed by atoms with Gasteiger partial charge in [0.05, 0.1) is 0 Å². The zero-order valence-corrected chi connectivity index (χ0v) is 11.6. The fraction of sp³-hybridized carbons (Fsp3) is 1.00. The van der Waals surface area contributed by atoms with Crippen LogP contribution in [0.1, 0.15) is 48.5 Å². The predicted octanol–water partition coefficient (Wildman–Crippen LogP) is 3.55. The minimum Gasteiger partial charge on any atom is -0.316 e. The molecule has 0 bridgehead atoms. The Morgan fingerprint density at radius 2 is 1.47 bits per heavy atom. The third-order valence-corrected chi connectivity index (χ3v) is 5.22. The van der Waals surface area contributed by atoms with Crippen molar-refractivity contribution in [1.29, 1.82) is 0 Å². The first kappa shape index (κ1) is 13.0. The van der Waals surface area contributed by atoms with E-state index in [4.69, 9.17) is 0 Å². The summed E-state index contributed by atoms with van der Waals surface area (Å²) in [5.74, 6) is 2.44. The first-order valence-corrected chi connectivity index (χ1v) is 6.38. The van der Waals surface area contributed by atoms with Gasteiger partial charge in [0.2, 0.25) is 0 Å². The summed E-state index contributed by atoms with van der Waals surface area (Å²) >= 11 is 0. The maximum Gasteiger partial charge on any atom is -0.00124 e. The van der Waals surface area contributed by atoms with Gasteiger partial charge in [-0.1, -0.05) is 48.5 Å². The number of hydrogen-bond donors (Lipinski definition) is 1. The van der Waals surface area contributed by atoms with E-state index in [2.05, 4.69) is 53.8 Å². The summed E-state index contributed by atoms with van der Waals surface area (Å²) < 4.78 is 0. The molecule has 1 aliphatic heterocycles. The molecule has 15 heavy (non-hydrogen) atoms. The molecule has 3 unspecified atom stereocenters. The Kier molecular flexibility index (Phi) is 3.55. The number of rotatable bonds is 1. The van der Waals surface area contributed by atoms with Crippen LogP contribution in [0.4, 0.5) is 0 Å². The standard InChI is InChI=1S/C14H29N/c1-10-8-15-9-12(11(10)2)14(6,7)13(3,4)5/h10-12,15H,8-9H2,1-7H3. The van der Waals surface area contributed by atoms with E-state index < -0.39 is 0 Å². The van der Waals surface area contributed by atoms with Gasteiger partial charge in [-0.05, 0) is 41.7 Å². The Bertz CT molecular complexity index is 212. The van der Waals surface area contributed by atoms with E-state index in [1.54, 1.807) is 0 Å². The smallest absolute Gasteiger partial charge is 0.00124 e. The molecule has 0 saturated carbocycles. The Morgan fingerprint density at radius 1 is 0.933 bits per heavy atom. The maximum absolute atomic E-state index is 3.59. The van der Waals surface area contributed by atoms with Gasteiger partial charge in [-0.2, -0.15) is 0 Å². The van der Waals surface area contributed by atoms with Gasteiger partial charge in [-0.15, -0.1) is 0 Å². The largest absolute Gasteiger partial charge is 0.316 e. The van der Waals surface area contributed by atoms with Crippen molar-refractivity contribution >= 4 is 0 Å². The Morgan fingerprint density at radius 3 is 1.93 bits per heavy atom. The number of piperidine rings is 1. The van der Waals surface area contributed by atoms with Crippen LogP contribution in [0.15, 0.2) is 0 Å². The van der Waals surface area contributed by atoms with Crippen molar-refractivity contribution in [2.75, 3.05) is 13.1 Å². The summed E-state index contributed by atoms with van der Waals surface area (Å²) in [5.41, 5.74) is 0.777. The monoisotopic (exact) mass is 211 g/mol. The molecule has 0 radical (unpaired) electrons. The highest BCUT2D eigenvalue weighted by Gasteiger charge is 2.44. The molecule has 0 aliphatic carbocycles. The Balaban J connectivity index is 2.86. The third-order valence-electron chi connectivity index (χ3n) is 5.22. The average Bonchev–Trinajstić information content (AvgIpc) is 2.07. The average molecular weight is 211 g/mol. The van der Waals surface area contributed by atoms with Crippen molar-refractivity contribution < 1.29 is 0 Å². The van der Waals surface area contributed by atoms with E-state index in [0.717, 1.165) is 17.8 Å². The van der Waals surface area contributed by atoms with Gasteiger partial charge in [-0.25, -0.2) is 0 Å². The van der Waals surface area contributed by atoms with E-state index >= 15 is 0 Å². The molecule has 1 rings (SSSR count). The highest BCUT2D eigenvalue weighted by molar-refractivity contribution is 4.95. The highest BCUT2D eigenvalue weighted by Crippen LogP contribution is 2.48. The molecule has 1 N–H and O–H groups in total. The Hall–Kier alpha value is -0.0400. The van der Waals surface area contributed by atoms with Gasteiger partial charge in [0.1, 0.15) is 0 Å². The predicted molar refractivity (Wildman–Crippen MR) is 67.9 cm³/mol. The summed E-state index contributed by atoms with van der Waals surface area (Å²) in [6.07, 6.45) is 0. The zero-order chi connectivity index (χ0) is 11.9. The molecule has 1 saturated heterocycles. The van der Waals surface area contributed by atoms with Crippen molar-refractivity contribution in [3.8, 4) is 0 Å². The number of nitrogens with one attached hydrogen (secondary N) is 1. The van der Waals surface area contributed by atoms with E-state index in [1.165, 1.54) is 13.1 Å². The zero-order valence-electron chi connectivity index (χ0n) is 11.6. The van der Waals surface area contributed by atoms with Crippen LogP contribution in [-0.2, 0) is 0 Å². The SMILES string of the molecule is CC1CNCC(C(C)(C)C(C)(C)C)C1C. The van der Waals surface area contributed by atoms with Crippen LogP contribution in [0.2, 0.25) is 0 Å². The maximum atomic E-state index is 3.59. The van der Waals surface area contributed by atoms with Crippen molar-refractivity contribution in [3.63, 3.8) is 0 Å². The molecule has 0 aromatic heterocycles. The molecule has 0 aromatic rings. The van der Waals surface area contributed by atoms with Gasteiger partial charge in [-0.3, -0.25) is 0 Å². The van der Waals surface area contributed by atoms with Crippen LogP contribution in [0.5, 0.6) is 0 Å². The minimum atomic E-state index is 0.380. The lowest BCUT2D eigenvalue weighted by Gasteiger charge is -2.51. The van der Waals surface area contributed by atoms with E-state index in [0.29, 0.717) is 10.8 Å². The Labute approximate surface area is 96.0 Å². The van der Waals surface area contributed by atoms with Gasteiger partial charge in [0.15, 0.2) is 0 Å². The van der Waals surface area contributed by atoms with E-state index in [1.807, 2.05) is 0 Å². The molecular weight excluding hydrogens is 182 g/mol. The normalized spacial score (nSPS) is 34.2. The van der Waals surface area contributed by atoms with Crippen LogP contribution < -0.4 is 5.32 Å². The molecule has 0 spiro atoms. The summed E-state index contributed by atoms with van der Waals surface area (Å²) in [7, 11) is 0. The molecule has 0 aromatic carbocycles. The molecular formula is C14H29N. The lowest BCUT2D eigenvalue weighted by molar-refractivity contribution is -0.00537. The third kappa shape index (κ3) is 2.38. The topological polar surface area (TPSA) is 12.0 Å². The van der Waals surface area contributed by atoms with Crippen LogP contribution in [0.3, 0.4) is 0 Å². The van der Waals surface area contributed by atoms with Crippen LogP contribution in [0.25, 0.3) is 0 Å². The van der Waals surface area contributed by atoms with E-state index in [-0.39, 0.29) is 0 Å². The quantitative estimate of drug-likeness (QED) is 0.699. The van der Waals surface area contributed by atoms with Crippen LogP contribution >= 0.6 is 0 Å². The second-order valence-corrected chi connectivity index (χ2v) is 7.07. The summed E-state index contributed by atoms with van der Waals surface area (Å²) in [5, 5.41) is 3.59. The molecule has 0 amide bonds. The molecule has 1 aliphatic rings.